The van der Waals surface area contributed by atoms with Crippen molar-refractivity contribution in [3.63, 3.8) is 0 Å². The number of aliphatic hydroxyl groups is 1. The van der Waals surface area contributed by atoms with Gasteiger partial charge in [0.2, 0.25) is 5.91 Å². The molecule has 4 nitrogen and oxygen atoms in total. The van der Waals surface area contributed by atoms with E-state index in [-0.39, 0.29) is 19.1 Å². The first-order chi connectivity index (χ1) is 8.17. The van der Waals surface area contributed by atoms with Gasteiger partial charge in [-0.05, 0) is 24.6 Å². The average molecular weight is 233 g/mol. The van der Waals surface area contributed by atoms with Crippen LogP contribution < -0.4 is 5.32 Å². The largest absolute Gasteiger partial charge is 0.384 e. The molecule has 1 aromatic rings. The van der Waals surface area contributed by atoms with E-state index in [1.165, 1.54) is 7.11 Å². The van der Waals surface area contributed by atoms with Gasteiger partial charge in [0.25, 0.3) is 0 Å². The molecule has 0 bridgehead atoms. The molecule has 0 aliphatic rings. The number of rotatable bonds is 3. The zero-order valence-electron chi connectivity index (χ0n) is 9.91. The number of aryl methyl sites for hydroxylation is 1. The molecule has 1 amide bonds. The van der Waals surface area contributed by atoms with Gasteiger partial charge in [0.05, 0.1) is 0 Å². The topological polar surface area (TPSA) is 58.6 Å². The summed E-state index contributed by atoms with van der Waals surface area (Å²) < 4.78 is 4.74. The lowest BCUT2D eigenvalue weighted by Gasteiger charge is -2.08. The fourth-order valence-electron chi connectivity index (χ4n) is 1.29. The predicted molar refractivity (Wildman–Crippen MR) is 65.6 cm³/mol. The van der Waals surface area contributed by atoms with E-state index < -0.39 is 0 Å². The molecule has 0 fully saturated rings. The summed E-state index contributed by atoms with van der Waals surface area (Å²) in [6, 6.07) is 5.47. The van der Waals surface area contributed by atoms with Crippen LogP contribution in [0.1, 0.15) is 11.1 Å². The van der Waals surface area contributed by atoms with Gasteiger partial charge in [-0.15, -0.1) is 0 Å². The number of carbonyl (C=O) groups excluding carboxylic acids is 1. The summed E-state index contributed by atoms with van der Waals surface area (Å²) in [4.78, 5) is 11.4. The summed E-state index contributed by atoms with van der Waals surface area (Å²) >= 11 is 0. The Bertz CT molecular complexity index is 457. The maximum absolute atomic E-state index is 11.4. The van der Waals surface area contributed by atoms with E-state index in [1.54, 1.807) is 6.07 Å². The van der Waals surface area contributed by atoms with Crippen LogP contribution in [0.2, 0.25) is 0 Å². The summed E-state index contributed by atoms with van der Waals surface area (Å²) in [7, 11) is 1.47. The second kappa shape index (κ2) is 6.69. The number of hydrogen-bond donors (Lipinski definition) is 2. The van der Waals surface area contributed by atoms with Gasteiger partial charge in [-0.25, -0.2) is 0 Å². The highest BCUT2D eigenvalue weighted by molar-refractivity contribution is 5.92. The van der Waals surface area contributed by atoms with Crippen molar-refractivity contribution in [2.45, 2.75) is 6.92 Å². The third-order valence-electron chi connectivity index (χ3n) is 2.10. The lowest BCUT2D eigenvalue weighted by molar-refractivity contribution is -0.119. The van der Waals surface area contributed by atoms with Crippen molar-refractivity contribution in [2.24, 2.45) is 0 Å². The summed E-state index contributed by atoms with van der Waals surface area (Å²) in [5.74, 6) is 5.14. The van der Waals surface area contributed by atoms with Gasteiger partial charge in [0.1, 0.15) is 13.2 Å². The normalized spacial score (nSPS) is 9.35. The molecule has 1 rings (SSSR count). The quantitative estimate of drug-likeness (QED) is 0.763. The molecule has 0 aliphatic carbocycles. The summed E-state index contributed by atoms with van der Waals surface area (Å²) in [6.07, 6.45) is 0. The minimum absolute atomic E-state index is 0.0198. The van der Waals surface area contributed by atoms with Crippen molar-refractivity contribution in [1.82, 2.24) is 0 Å². The smallest absolute Gasteiger partial charge is 0.250 e. The Labute approximate surface area is 101 Å². The standard InChI is InChI=1S/C13H15NO3/c1-10-5-6-11(4-3-7-15)8-12(10)14-13(16)9-17-2/h5-6,8,15H,7,9H2,1-2H3,(H,14,16). The average Bonchev–Trinajstić information content (AvgIpc) is 2.30. The van der Waals surface area contributed by atoms with Gasteiger partial charge in [-0.2, -0.15) is 0 Å². The SMILES string of the molecule is COCC(=O)Nc1cc(C#CCO)ccc1C. The number of anilines is 1. The third kappa shape index (κ3) is 4.27. The molecule has 0 saturated carbocycles. The fraction of sp³-hybridized carbons (Fsp3) is 0.308. The number of benzene rings is 1. The van der Waals surface area contributed by atoms with Crippen LogP contribution in [0, 0.1) is 18.8 Å². The number of hydrogen-bond acceptors (Lipinski definition) is 3. The first-order valence-corrected chi connectivity index (χ1v) is 5.16. The van der Waals surface area contributed by atoms with Crippen LogP contribution in [0.3, 0.4) is 0 Å². The lowest BCUT2D eigenvalue weighted by atomic mass is 10.1. The second-order valence-corrected chi connectivity index (χ2v) is 3.47. The van der Waals surface area contributed by atoms with Crippen LogP contribution in [-0.4, -0.2) is 31.3 Å². The highest BCUT2D eigenvalue weighted by Crippen LogP contribution is 2.16. The Kier molecular flexibility index (Phi) is 5.21. The van der Waals surface area contributed by atoms with E-state index in [1.807, 2.05) is 19.1 Å². The van der Waals surface area contributed by atoms with Gasteiger partial charge in [0.15, 0.2) is 0 Å². The number of methoxy groups -OCH3 is 1. The monoisotopic (exact) mass is 233 g/mol. The van der Waals surface area contributed by atoms with Crippen LogP contribution in [0.25, 0.3) is 0 Å². The van der Waals surface area contributed by atoms with E-state index in [2.05, 4.69) is 17.2 Å². The molecule has 4 heteroatoms. The zero-order chi connectivity index (χ0) is 12.7. The third-order valence-corrected chi connectivity index (χ3v) is 2.10. The lowest BCUT2D eigenvalue weighted by Crippen LogP contribution is -2.17. The van der Waals surface area contributed by atoms with Crippen LogP contribution >= 0.6 is 0 Å². The molecule has 90 valence electrons. The highest BCUT2D eigenvalue weighted by atomic mass is 16.5. The molecule has 1 aromatic carbocycles. The molecule has 0 aromatic heterocycles. The maximum atomic E-state index is 11.4. The van der Waals surface area contributed by atoms with E-state index in [0.29, 0.717) is 5.69 Å². The predicted octanol–water partition coefficient (Wildman–Crippen LogP) is 0.924. The molecule has 0 aliphatic heterocycles. The van der Waals surface area contributed by atoms with Crippen LogP contribution in [0.4, 0.5) is 5.69 Å². The summed E-state index contributed by atoms with van der Waals surface area (Å²) in [5, 5.41) is 11.3. The van der Waals surface area contributed by atoms with Gasteiger partial charge in [-0.1, -0.05) is 17.9 Å². The van der Waals surface area contributed by atoms with E-state index >= 15 is 0 Å². The summed E-state index contributed by atoms with van der Waals surface area (Å²) in [5.41, 5.74) is 2.40. The molecule has 0 unspecified atom stereocenters. The van der Waals surface area contributed by atoms with Crippen molar-refractivity contribution in [1.29, 1.82) is 0 Å². The Hall–Kier alpha value is -1.83. The number of aliphatic hydroxyl groups excluding tert-OH is 1. The van der Waals surface area contributed by atoms with Gasteiger partial charge >= 0.3 is 0 Å². The van der Waals surface area contributed by atoms with Crippen molar-refractivity contribution < 1.29 is 14.6 Å². The number of nitrogens with one attached hydrogen (secondary N) is 1. The fourth-order valence-corrected chi connectivity index (χ4v) is 1.29. The maximum Gasteiger partial charge on any atom is 0.250 e. The van der Waals surface area contributed by atoms with Crippen LogP contribution in [0.15, 0.2) is 18.2 Å². The second-order valence-electron chi connectivity index (χ2n) is 3.47. The Morgan fingerprint density at radius 3 is 2.94 bits per heavy atom. The molecule has 0 radical (unpaired) electrons. The van der Waals surface area contributed by atoms with Gasteiger partial charge < -0.3 is 15.2 Å². The molecule has 2 N–H and O–H groups in total. The molecule has 0 atom stereocenters. The van der Waals surface area contributed by atoms with Crippen molar-refractivity contribution in [3.8, 4) is 11.8 Å². The molecule has 0 saturated heterocycles. The minimum Gasteiger partial charge on any atom is -0.384 e. The van der Waals surface area contributed by atoms with E-state index in [4.69, 9.17) is 9.84 Å². The highest BCUT2D eigenvalue weighted by Gasteiger charge is 2.04. The van der Waals surface area contributed by atoms with Gasteiger partial charge in [-0.3, -0.25) is 4.79 Å². The molecule has 17 heavy (non-hydrogen) atoms. The Balaban J connectivity index is 2.86. The first kappa shape index (κ1) is 13.2. The Morgan fingerprint density at radius 1 is 1.53 bits per heavy atom. The van der Waals surface area contributed by atoms with Crippen molar-refractivity contribution in [3.05, 3.63) is 29.3 Å². The first-order valence-electron chi connectivity index (χ1n) is 5.16. The van der Waals surface area contributed by atoms with Crippen LogP contribution in [-0.2, 0) is 9.53 Å². The van der Waals surface area contributed by atoms with Gasteiger partial charge in [0, 0.05) is 18.4 Å². The van der Waals surface area contributed by atoms with Crippen LogP contribution in [0.5, 0.6) is 0 Å². The number of ether oxygens (including phenoxy) is 1. The van der Waals surface area contributed by atoms with E-state index in [0.717, 1.165) is 11.1 Å². The number of carbonyl (C=O) groups is 1. The van der Waals surface area contributed by atoms with Crippen molar-refractivity contribution in [2.75, 3.05) is 25.6 Å². The molecular formula is C13H15NO3. The van der Waals surface area contributed by atoms with Crippen molar-refractivity contribution >= 4 is 11.6 Å². The zero-order valence-corrected chi connectivity index (χ0v) is 9.91. The number of amides is 1. The molecule has 0 spiro atoms. The summed E-state index contributed by atoms with van der Waals surface area (Å²) in [6.45, 7) is 1.73. The molecule has 0 heterocycles. The van der Waals surface area contributed by atoms with E-state index in [9.17, 15) is 4.79 Å². The minimum atomic E-state index is -0.206. The Morgan fingerprint density at radius 2 is 2.29 bits per heavy atom. The molecular weight excluding hydrogens is 218 g/mol.